The van der Waals surface area contributed by atoms with Gasteiger partial charge in [-0.05, 0) is 49.4 Å². The molecule has 0 unspecified atom stereocenters. The lowest BCUT2D eigenvalue weighted by Gasteiger charge is -2.34. The maximum atomic E-state index is 12.5. The first-order valence-corrected chi connectivity index (χ1v) is 10.2. The van der Waals surface area contributed by atoms with Gasteiger partial charge in [-0.15, -0.1) is 0 Å². The number of piperazine rings is 1. The summed E-state index contributed by atoms with van der Waals surface area (Å²) in [6.45, 7) is 6.68. The number of hydrogen-bond donors (Lipinski definition) is 1. The number of likely N-dealkylation sites (N-methyl/N-ethyl adjacent to an activating group) is 1. The van der Waals surface area contributed by atoms with Gasteiger partial charge in [-0.1, -0.05) is 36.7 Å². The summed E-state index contributed by atoms with van der Waals surface area (Å²) in [6, 6.07) is 15.5. The van der Waals surface area contributed by atoms with E-state index in [0.717, 1.165) is 31.7 Å². The zero-order valence-electron chi connectivity index (χ0n) is 16.5. The molecule has 2 aromatic rings. The van der Waals surface area contributed by atoms with Crippen molar-refractivity contribution >= 4 is 23.2 Å². The van der Waals surface area contributed by atoms with Crippen molar-refractivity contribution in [3.63, 3.8) is 0 Å². The van der Waals surface area contributed by atoms with E-state index in [0.29, 0.717) is 23.7 Å². The molecule has 1 N–H and O–H groups in total. The first-order valence-electron chi connectivity index (χ1n) is 9.77. The van der Waals surface area contributed by atoms with Crippen LogP contribution >= 0.6 is 11.6 Å². The van der Waals surface area contributed by atoms with E-state index < -0.39 is 6.10 Å². The van der Waals surface area contributed by atoms with Gasteiger partial charge < -0.3 is 19.9 Å². The topological polar surface area (TPSA) is 44.8 Å². The van der Waals surface area contributed by atoms with Gasteiger partial charge in [0.1, 0.15) is 5.75 Å². The summed E-state index contributed by atoms with van der Waals surface area (Å²) in [5.41, 5.74) is 2.31. The highest BCUT2D eigenvalue weighted by Crippen LogP contribution is 2.20. The summed E-state index contributed by atoms with van der Waals surface area (Å²) in [7, 11) is 2.16. The Morgan fingerprint density at radius 3 is 2.50 bits per heavy atom. The van der Waals surface area contributed by atoms with Gasteiger partial charge in [0.2, 0.25) is 0 Å². The second-order valence-electron chi connectivity index (χ2n) is 7.15. The lowest BCUT2D eigenvalue weighted by Crippen LogP contribution is -2.44. The molecule has 0 spiro atoms. The van der Waals surface area contributed by atoms with Gasteiger partial charge in [0.15, 0.2) is 6.10 Å². The van der Waals surface area contributed by atoms with E-state index in [1.807, 2.05) is 13.0 Å². The zero-order valence-corrected chi connectivity index (χ0v) is 17.3. The van der Waals surface area contributed by atoms with Crippen LogP contribution < -0.4 is 15.0 Å². The third kappa shape index (κ3) is 5.63. The molecule has 3 rings (SSSR count). The lowest BCUT2D eigenvalue weighted by molar-refractivity contribution is -0.128. The van der Waals surface area contributed by atoms with E-state index in [4.69, 9.17) is 16.3 Å². The molecule has 150 valence electrons. The Kier molecular flexibility index (Phi) is 7.18. The average Bonchev–Trinajstić information content (AvgIpc) is 2.71. The number of carbonyl (C=O) groups is 1. The summed E-state index contributed by atoms with van der Waals surface area (Å²) in [5.74, 6) is 0.483. The van der Waals surface area contributed by atoms with Crippen LogP contribution in [0.25, 0.3) is 0 Å². The molecular weight excluding hydrogens is 374 g/mol. The molecule has 1 fully saturated rings. The van der Waals surface area contributed by atoms with Gasteiger partial charge in [-0.25, -0.2) is 0 Å². The molecule has 0 aromatic heterocycles. The highest BCUT2D eigenvalue weighted by atomic mass is 35.5. The van der Waals surface area contributed by atoms with Crippen LogP contribution in [0.3, 0.4) is 0 Å². The molecule has 1 heterocycles. The van der Waals surface area contributed by atoms with E-state index in [9.17, 15) is 4.79 Å². The molecule has 0 bridgehead atoms. The molecule has 28 heavy (non-hydrogen) atoms. The molecule has 0 aliphatic carbocycles. The number of benzene rings is 2. The van der Waals surface area contributed by atoms with Crippen molar-refractivity contribution in [1.29, 1.82) is 0 Å². The fourth-order valence-corrected chi connectivity index (χ4v) is 3.40. The summed E-state index contributed by atoms with van der Waals surface area (Å²) in [5, 5.41) is 3.56. The predicted octanol–water partition coefficient (Wildman–Crippen LogP) is 3.57. The highest BCUT2D eigenvalue weighted by Gasteiger charge is 2.18. The number of rotatable bonds is 7. The Morgan fingerprint density at radius 1 is 1.14 bits per heavy atom. The van der Waals surface area contributed by atoms with Crippen molar-refractivity contribution < 1.29 is 9.53 Å². The van der Waals surface area contributed by atoms with E-state index >= 15 is 0 Å². The Hall–Kier alpha value is -2.24. The molecule has 1 aliphatic rings. The van der Waals surface area contributed by atoms with Gasteiger partial charge in [-0.3, -0.25) is 4.79 Å². The van der Waals surface area contributed by atoms with Crippen LogP contribution in [-0.4, -0.2) is 50.1 Å². The van der Waals surface area contributed by atoms with Gasteiger partial charge in [-0.2, -0.15) is 0 Å². The number of nitrogens with one attached hydrogen (secondary N) is 1. The van der Waals surface area contributed by atoms with Crippen LogP contribution in [0.5, 0.6) is 5.75 Å². The Balaban J connectivity index is 1.51. The molecule has 0 radical (unpaired) electrons. The summed E-state index contributed by atoms with van der Waals surface area (Å²) >= 11 is 5.98. The number of hydrogen-bond acceptors (Lipinski definition) is 4. The zero-order chi connectivity index (χ0) is 19.9. The summed E-state index contributed by atoms with van der Waals surface area (Å²) in [6.07, 6.45) is 0.0452. The van der Waals surface area contributed by atoms with Gasteiger partial charge in [0.25, 0.3) is 5.91 Å². The number of ether oxygens (including phenoxy) is 1. The molecule has 1 atom stereocenters. The maximum Gasteiger partial charge on any atom is 0.261 e. The third-order valence-electron chi connectivity index (χ3n) is 5.01. The van der Waals surface area contributed by atoms with Crippen molar-refractivity contribution in [2.75, 3.05) is 38.1 Å². The van der Waals surface area contributed by atoms with Gasteiger partial charge >= 0.3 is 0 Å². The van der Waals surface area contributed by atoms with Crippen LogP contribution in [0.4, 0.5) is 5.69 Å². The van der Waals surface area contributed by atoms with E-state index in [-0.39, 0.29) is 5.91 Å². The van der Waals surface area contributed by atoms with Crippen LogP contribution in [0, 0.1) is 0 Å². The number of nitrogens with zero attached hydrogens (tertiary/aromatic N) is 2. The molecular formula is C22H28ClN3O2. The molecule has 6 heteroatoms. The van der Waals surface area contributed by atoms with Crippen LogP contribution in [0.2, 0.25) is 5.02 Å². The van der Waals surface area contributed by atoms with Gasteiger partial charge in [0, 0.05) is 43.4 Å². The van der Waals surface area contributed by atoms with Crippen LogP contribution in [-0.2, 0) is 11.3 Å². The van der Waals surface area contributed by atoms with Crippen molar-refractivity contribution in [3.8, 4) is 5.75 Å². The first kappa shape index (κ1) is 20.5. The Morgan fingerprint density at radius 2 is 1.86 bits per heavy atom. The highest BCUT2D eigenvalue weighted by molar-refractivity contribution is 6.30. The predicted molar refractivity (Wildman–Crippen MR) is 114 cm³/mol. The minimum absolute atomic E-state index is 0.120. The standard InChI is InChI=1S/C22H28ClN3O2/c1-3-21(28-20-6-4-5-18(23)15-20)22(27)24-16-17-7-9-19(10-8-17)26-13-11-25(2)12-14-26/h4-10,15,21H,3,11-14,16H2,1-2H3,(H,24,27)/t21-/m0/s1. The first-order chi connectivity index (χ1) is 13.5. The number of halogens is 1. The molecule has 0 saturated carbocycles. The minimum atomic E-state index is -0.539. The van der Waals surface area contributed by atoms with Crippen molar-refractivity contribution in [2.45, 2.75) is 26.0 Å². The lowest BCUT2D eigenvalue weighted by atomic mass is 10.1. The second-order valence-corrected chi connectivity index (χ2v) is 7.58. The quantitative estimate of drug-likeness (QED) is 0.770. The van der Waals surface area contributed by atoms with Crippen molar-refractivity contribution in [2.24, 2.45) is 0 Å². The average molecular weight is 402 g/mol. The van der Waals surface area contributed by atoms with E-state index in [1.54, 1.807) is 18.2 Å². The molecule has 2 aromatic carbocycles. The number of carbonyl (C=O) groups excluding carboxylic acids is 1. The van der Waals surface area contributed by atoms with E-state index in [2.05, 4.69) is 46.4 Å². The largest absolute Gasteiger partial charge is 0.481 e. The normalized spacial score (nSPS) is 15.9. The number of anilines is 1. The molecule has 1 aliphatic heterocycles. The maximum absolute atomic E-state index is 12.5. The molecule has 5 nitrogen and oxygen atoms in total. The Labute approximate surface area is 172 Å². The third-order valence-corrected chi connectivity index (χ3v) is 5.24. The van der Waals surface area contributed by atoms with E-state index in [1.165, 1.54) is 5.69 Å². The van der Waals surface area contributed by atoms with Crippen LogP contribution in [0.15, 0.2) is 48.5 Å². The molecule has 1 saturated heterocycles. The summed E-state index contributed by atoms with van der Waals surface area (Å²) in [4.78, 5) is 17.2. The van der Waals surface area contributed by atoms with Crippen LogP contribution in [0.1, 0.15) is 18.9 Å². The minimum Gasteiger partial charge on any atom is -0.481 e. The fourth-order valence-electron chi connectivity index (χ4n) is 3.22. The smallest absolute Gasteiger partial charge is 0.261 e. The molecule has 1 amide bonds. The SMILES string of the molecule is CC[C@H](Oc1cccc(Cl)c1)C(=O)NCc1ccc(N2CCN(C)CC2)cc1. The van der Waals surface area contributed by atoms with Crippen molar-refractivity contribution in [3.05, 3.63) is 59.1 Å². The van der Waals surface area contributed by atoms with Crippen molar-refractivity contribution in [1.82, 2.24) is 10.2 Å². The second kappa shape index (κ2) is 9.80. The summed E-state index contributed by atoms with van der Waals surface area (Å²) < 4.78 is 5.79. The fraction of sp³-hybridized carbons (Fsp3) is 0.409. The number of amides is 1. The van der Waals surface area contributed by atoms with Gasteiger partial charge in [0.05, 0.1) is 0 Å². The monoisotopic (exact) mass is 401 g/mol. The Bertz CT molecular complexity index is 774.